The smallest absolute Gasteiger partial charge is 0.198 e. The predicted octanol–water partition coefficient (Wildman–Crippen LogP) is 4.19. The van der Waals surface area contributed by atoms with Gasteiger partial charge in [-0.15, -0.1) is 0 Å². The van der Waals surface area contributed by atoms with E-state index in [4.69, 9.17) is 21.0 Å². The zero-order valence-corrected chi connectivity index (χ0v) is 17.3. The summed E-state index contributed by atoms with van der Waals surface area (Å²) >= 11 is 6.48. The van der Waals surface area contributed by atoms with Crippen molar-refractivity contribution < 1.29 is 9.42 Å². The Hall–Kier alpha value is 0.0100. The number of halogens is 1. The molecule has 1 unspecified atom stereocenters. The van der Waals surface area contributed by atoms with Crippen molar-refractivity contribution in [1.82, 2.24) is 14.9 Å². The molecule has 1 atom stereocenters. The number of hydrogen-bond donors (Lipinski definition) is 1. The second kappa shape index (κ2) is 10.1. The molecule has 6 nitrogen and oxygen atoms in total. The molecule has 0 amide bonds. The van der Waals surface area contributed by atoms with Gasteiger partial charge in [0.1, 0.15) is 6.61 Å². The van der Waals surface area contributed by atoms with Gasteiger partial charge in [-0.2, -0.15) is 24.7 Å². The van der Waals surface area contributed by atoms with E-state index in [9.17, 15) is 4.89 Å². The standard InChI is InChI=1S/C15H33ClN4O2P/c1-12(2)18(13(3)4)20(19(14(5)6)15(7)8)23(16,21)22-11-9-10-17/h12-15,21H,9,11H2,1-8H3/q+1. The summed E-state index contributed by atoms with van der Waals surface area (Å²) in [6.45, 7) is 16.5. The van der Waals surface area contributed by atoms with Crippen LogP contribution in [-0.4, -0.2) is 50.6 Å². The minimum Gasteiger partial charge on any atom is -0.198 e. The van der Waals surface area contributed by atoms with E-state index in [-0.39, 0.29) is 37.2 Å². The molecule has 0 aromatic rings. The van der Waals surface area contributed by atoms with Gasteiger partial charge in [-0.25, -0.2) is 0 Å². The first-order valence-corrected chi connectivity index (χ1v) is 10.7. The first kappa shape index (κ1) is 23.0. The fourth-order valence-corrected chi connectivity index (χ4v) is 5.09. The van der Waals surface area contributed by atoms with Gasteiger partial charge >= 0.3 is 7.22 Å². The Labute approximate surface area is 147 Å². The molecule has 0 bridgehead atoms. The van der Waals surface area contributed by atoms with Gasteiger partial charge in [0.15, 0.2) is 11.2 Å². The van der Waals surface area contributed by atoms with Crippen LogP contribution in [0.1, 0.15) is 61.8 Å². The van der Waals surface area contributed by atoms with E-state index < -0.39 is 7.22 Å². The second-order valence-electron chi connectivity index (χ2n) is 6.62. The van der Waals surface area contributed by atoms with Crippen molar-refractivity contribution in [1.29, 1.82) is 5.26 Å². The largest absolute Gasteiger partial charge is 0.484 e. The summed E-state index contributed by atoms with van der Waals surface area (Å²) in [5, 5.41) is 12.8. The van der Waals surface area contributed by atoms with Crippen LogP contribution in [0.15, 0.2) is 0 Å². The van der Waals surface area contributed by atoms with Gasteiger partial charge < -0.3 is 0 Å². The third kappa shape index (κ3) is 6.80. The SMILES string of the molecule is CC(C)N(C(C)C)N(N(C(C)C)C(C)C)[P+](O)(Cl)OCCC#N. The quantitative estimate of drug-likeness (QED) is 0.355. The Morgan fingerprint density at radius 3 is 1.57 bits per heavy atom. The van der Waals surface area contributed by atoms with Crippen LogP contribution < -0.4 is 0 Å². The summed E-state index contributed by atoms with van der Waals surface area (Å²) < 4.78 is 5.55. The van der Waals surface area contributed by atoms with Gasteiger partial charge in [0.05, 0.1) is 12.5 Å². The number of hydrogen-bond acceptors (Lipinski definition) is 6. The molecular formula is C15H33ClN4O2P+. The summed E-state index contributed by atoms with van der Waals surface area (Å²) in [7, 11) is -3.40. The van der Waals surface area contributed by atoms with Gasteiger partial charge in [0, 0.05) is 29.1 Å². The molecule has 1 N–H and O–H groups in total. The topological polar surface area (TPSA) is 63.0 Å². The van der Waals surface area contributed by atoms with Crippen molar-refractivity contribution in [2.75, 3.05) is 6.61 Å². The molecule has 23 heavy (non-hydrogen) atoms. The molecule has 8 heteroatoms. The molecule has 0 aromatic carbocycles. The molecule has 0 heterocycles. The lowest BCUT2D eigenvalue weighted by atomic mass is 10.3. The molecule has 0 saturated carbocycles. The molecule has 0 aliphatic heterocycles. The Bertz CT molecular complexity index is 350. The van der Waals surface area contributed by atoms with Crippen LogP contribution in [-0.2, 0) is 4.52 Å². The van der Waals surface area contributed by atoms with E-state index in [0.717, 1.165) is 0 Å². The summed E-state index contributed by atoms with van der Waals surface area (Å²) in [5.74, 6) is 0. The molecule has 0 aliphatic carbocycles. The Kier molecular flexibility index (Phi) is 10.1. The number of nitriles is 1. The zero-order chi connectivity index (χ0) is 18.4. The monoisotopic (exact) mass is 367 g/mol. The lowest BCUT2D eigenvalue weighted by molar-refractivity contribution is -0.183. The van der Waals surface area contributed by atoms with E-state index in [1.54, 1.807) is 4.89 Å². The predicted molar refractivity (Wildman–Crippen MR) is 97.2 cm³/mol. The summed E-state index contributed by atoms with van der Waals surface area (Å²) in [5.41, 5.74) is 0. The van der Waals surface area contributed by atoms with Gasteiger partial charge in [0.25, 0.3) is 0 Å². The van der Waals surface area contributed by atoms with Crippen LogP contribution in [0.3, 0.4) is 0 Å². The Morgan fingerprint density at radius 2 is 1.30 bits per heavy atom. The van der Waals surface area contributed by atoms with Gasteiger partial charge in [-0.1, -0.05) is 0 Å². The molecule has 0 fully saturated rings. The maximum absolute atomic E-state index is 10.9. The third-order valence-electron chi connectivity index (χ3n) is 3.22. The van der Waals surface area contributed by atoms with Crippen molar-refractivity contribution in [3.8, 4) is 6.07 Å². The second-order valence-corrected chi connectivity index (χ2v) is 9.50. The molecule has 0 spiro atoms. The maximum atomic E-state index is 10.9. The van der Waals surface area contributed by atoms with Crippen LogP contribution in [0.2, 0.25) is 0 Å². The van der Waals surface area contributed by atoms with Gasteiger partial charge in [-0.3, -0.25) is 0 Å². The maximum Gasteiger partial charge on any atom is 0.484 e. The van der Waals surface area contributed by atoms with Crippen molar-refractivity contribution in [3.63, 3.8) is 0 Å². The lowest BCUT2D eigenvalue weighted by Gasteiger charge is -2.46. The highest BCUT2D eigenvalue weighted by Crippen LogP contribution is 2.66. The van der Waals surface area contributed by atoms with Crippen molar-refractivity contribution >= 4 is 18.5 Å². The van der Waals surface area contributed by atoms with Crippen LogP contribution in [0.25, 0.3) is 0 Å². The normalized spacial score (nSPS) is 15.5. The van der Waals surface area contributed by atoms with Crippen LogP contribution >= 0.6 is 18.5 Å². The number of rotatable bonds is 10. The van der Waals surface area contributed by atoms with E-state index in [0.29, 0.717) is 0 Å². The minimum atomic E-state index is -3.40. The van der Waals surface area contributed by atoms with Gasteiger partial charge in [-0.05, 0) is 55.4 Å². The molecule has 0 radical (unpaired) electrons. The Balaban J connectivity index is 5.81. The minimum absolute atomic E-state index is 0.106. The summed E-state index contributed by atoms with van der Waals surface area (Å²) in [6, 6.07) is 2.51. The molecule has 0 aromatic heterocycles. The molecule has 0 saturated heterocycles. The van der Waals surface area contributed by atoms with Crippen molar-refractivity contribution in [3.05, 3.63) is 0 Å². The highest BCUT2D eigenvalue weighted by molar-refractivity contribution is 7.88. The van der Waals surface area contributed by atoms with E-state index >= 15 is 0 Å². The third-order valence-corrected chi connectivity index (χ3v) is 5.28. The highest BCUT2D eigenvalue weighted by atomic mass is 35.7. The summed E-state index contributed by atoms with van der Waals surface area (Å²) in [4.78, 5) is 12.6. The average Bonchev–Trinajstić information content (AvgIpc) is 2.36. The first-order chi connectivity index (χ1) is 10.5. The molecular weight excluding hydrogens is 335 g/mol. The van der Waals surface area contributed by atoms with Gasteiger partial charge in [0.2, 0.25) is 0 Å². The van der Waals surface area contributed by atoms with Crippen LogP contribution in [0.5, 0.6) is 0 Å². The van der Waals surface area contributed by atoms with E-state index in [1.165, 1.54) is 0 Å². The number of hydrazine groups is 2. The molecule has 136 valence electrons. The average molecular weight is 368 g/mol. The zero-order valence-electron chi connectivity index (χ0n) is 15.7. The van der Waals surface area contributed by atoms with Crippen LogP contribution in [0, 0.1) is 11.3 Å². The lowest BCUT2D eigenvalue weighted by Crippen LogP contribution is -2.60. The highest BCUT2D eigenvalue weighted by Gasteiger charge is 2.55. The molecule has 0 rings (SSSR count). The van der Waals surface area contributed by atoms with Crippen molar-refractivity contribution in [2.45, 2.75) is 86.0 Å². The fraction of sp³-hybridized carbons (Fsp3) is 0.933. The van der Waals surface area contributed by atoms with Crippen molar-refractivity contribution in [2.24, 2.45) is 0 Å². The Morgan fingerprint density at radius 1 is 0.957 bits per heavy atom. The number of nitrogens with zero attached hydrogens (tertiary/aromatic N) is 4. The van der Waals surface area contributed by atoms with Crippen LogP contribution in [0.4, 0.5) is 0 Å². The first-order valence-electron chi connectivity index (χ1n) is 8.17. The van der Waals surface area contributed by atoms with E-state index in [2.05, 4.69) is 55.4 Å². The van der Waals surface area contributed by atoms with E-state index in [1.807, 2.05) is 16.1 Å². The fourth-order valence-electron chi connectivity index (χ4n) is 2.65. The molecule has 0 aliphatic rings. The summed E-state index contributed by atoms with van der Waals surface area (Å²) in [6.07, 6.45) is 0.190.